The Bertz CT molecular complexity index is 1190. The molecule has 36 heavy (non-hydrogen) atoms. The number of carbonyl (C=O) groups is 2. The highest BCUT2D eigenvalue weighted by Crippen LogP contribution is 2.37. The molecular formula is C31H34NO3S+. The number of Topliss-reactive ketones (excluding diaryl/α,β-unsaturated/α-hetero) is 1. The fourth-order valence-corrected chi connectivity index (χ4v) is 6.37. The minimum absolute atomic E-state index is 0.132. The normalized spacial score (nSPS) is 23.7. The third kappa shape index (κ3) is 5.58. The Morgan fingerprint density at radius 3 is 2.33 bits per heavy atom. The van der Waals surface area contributed by atoms with Gasteiger partial charge in [-0.05, 0) is 35.9 Å². The van der Waals surface area contributed by atoms with Crippen molar-refractivity contribution < 1.29 is 18.8 Å². The number of benzene rings is 3. The van der Waals surface area contributed by atoms with E-state index in [1.165, 1.54) is 4.90 Å². The molecular weight excluding hydrogens is 466 g/mol. The largest absolute Gasteiger partial charge is 0.456 e. The van der Waals surface area contributed by atoms with Crippen molar-refractivity contribution in [3.05, 3.63) is 102 Å². The lowest BCUT2D eigenvalue weighted by molar-refractivity contribution is -0.938. The first-order valence-electron chi connectivity index (χ1n) is 12.9. The predicted molar refractivity (Wildman–Crippen MR) is 144 cm³/mol. The Kier molecular flexibility index (Phi) is 7.59. The molecule has 0 amide bonds. The second-order valence-electron chi connectivity index (χ2n) is 10.3. The predicted octanol–water partition coefficient (Wildman–Crippen LogP) is 5.77. The molecule has 5 heteroatoms. The van der Waals surface area contributed by atoms with Crippen molar-refractivity contribution in [2.45, 2.75) is 36.2 Å². The second kappa shape index (κ2) is 11.0. The zero-order chi connectivity index (χ0) is 25.0. The summed E-state index contributed by atoms with van der Waals surface area (Å²) in [7, 11) is 0. The van der Waals surface area contributed by atoms with E-state index < -0.39 is 0 Å². The van der Waals surface area contributed by atoms with Gasteiger partial charge in [-0.2, -0.15) is 0 Å². The van der Waals surface area contributed by atoms with Crippen LogP contribution in [0.25, 0.3) is 0 Å². The van der Waals surface area contributed by atoms with E-state index in [1.54, 1.807) is 11.8 Å². The summed E-state index contributed by atoms with van der Waals surface area (Å²) in [5, 5.41) is 0. The molecule has 3 fully saturated rings. The van der Waals surface area contributed by atoms with Crippen molar-refractivity contribution >= 4 is 23.5 Å². The van der Waals surface area contributed by atoms with Crippen molar-refractivity contribution in [3.8, 4) is 0 Å². The maximum absolute atomic E-state index is 13.7. The fourth-order valence-electron chi connectivity index (χ4n) is 5.89. The van der Waals surface area contributed by atoms with E-state index in [1.807, 2.05) is 60.7 Å². The molecule has 4 nitrogen and oxygen atoms in total. The molecule has 0 saturated carbocycles. The standard InChI is InChI=1S/C31H34NO3S/c1-36-27-14-8-9-23(19-27)20-28(24-10-4-2-5-11-24)31(34)35-30-22-32(17-15-26(30)16-18-32)21-29(33)25-12-6-3-7-13-25/h2-14,19,26,28,30H,15-18,20-22H2,1H3/q+1. The Morgan fingerprint density at radius 1 is 0.944 bits per heavy atom. The molecule has 3 heterocycles. The molecule has 6 rings (SSSR count). The second-order valence-corrected chi connectivity index (χ2v) is 11.1. The highest BCUT2D eigenvalue weighted by atomic mass is 32.2. The SMILES string of the molecule is CSc1cccc(CC(C(=O)OC2C[N+]3(CC(=O)c4ccccc4)CCC2CC3)c2ccccc2)c1. The summed E-state index contributed by atoms with van der Waals surface area (Å²) in [6, 6.07) is 27.9. The number of ketones is 1. The van der Waals surface area contributed by atoms with Crippen LogP contribution >= 0.6 is 11.8 Å². The number of quaternary nitrogens is 1. The first-order chi connectivity index (χ1) is 17.5. The average molecular weight is 501 g/mol. The molecule has 0 aromatic heterocycles. The van der Waals surface area contributed by atoms with Gasteiger partial charge in [0.05, 0.1) is 19.0 Å². The topological polar surface area (TPSA) is 43.4 Å². The molecule has 2 unspecified atom stereocenters. The summed E-state index contributed by atoms with van der Waals surface area (Å²) in [4.78, 5) is 27.9. The third-order valence-electron chi connectivity index (χ3n) is 7.94. The van der Waals surface area contributed by atoms with Gasteiger partial charge in [0.25, 0.3) is 0 Å². The molecule has 2 bridgehead atoms. The van der Waals surface area contributed by atoms with Crippen LogP contribution < -0.4 is 0 Å². The highest BCUT2D eigenvalue weighted by molar-refractivity contribution is 7.98. The van der Waals surface area contributed by atoms with Gasteiger partial charge in [-0.15, -0.1) is 11.8 Å². The lowest BCUT2D eigenvalue weighted by Gasteiger charge is -2.51. The Balaban J connectivity index is 1.32. The van der Waals surface area contributed by atoms with E-state index in [2.05, 4.69) is 30.5 Å². The maximum atomic E-state index is 13.7. The lowest BCUT2D eigenvalue weighted by Crippen LogP contribution is -2.65. The molecule has 3 aliphatic heterocycles. The molecule has 3 aliphatic rings. The quantitative estimate of drug-likeness (QED) is 0.162. The lowest BCUT2D eigenvalue weighted by atomic mass is 9.82. The van der Waals surface area contributed by atoms with Crippen LogP contribution in [0.1, 0.15) is 40.2 Å². The molecule has 186 valence electrons. The van der Waals surface area contributed by atoms with Crippen molar-refractivity contribution in [1.29, 1.82) is 0 Å². The van der Waals surface area contributed by atoms with E-state index in [0.29, 0.717) is 18.9 Å². The van der Waals surface area contributed by atoms with Crippen molar-refractivity contribution in [2.24, 2.45) is 5.92 Å². The highest BCUT2D eigenvalue weighted by Gasteiger charge is 2.49. The van der Waals surface area contributed by atoms with Crippen molar-refractivity contribution in [2.75, 3.05) is 32.4 Å². The van der Waals surface area contributed by atoms with E-state index in [4.69, 9.17) is 4.74 Å². The number of thioether (sulfide) groups is 1. The van der Waals surface area contributed by atoms with E-state index >= 15 is 0 Å². The summed E-state index contributed by atoms with van der Waals surface area (Å²) >= 11 is 1.71. The van der Waals surface area contributed by atoms with Crippen LogP contribution in [0.15, 0.2) is 89.8 Å². The summed E-state index contributed by atoms with van der Waals surface area (Å²) in [5.41, 5.74) is 2.89. The average Bonchev–Trinajstić information content (AvgIpc) is 2.93. The van der Waals surface area contributed by atoms with Crippen LogP contribution in [0.2, 0.25) is 0 Å². The number of ether oxygens (including phenoxy) is 1. The minimum atomic E-state index is -0.349. The molecule has 3 aromatic carbocycles. The van der Waals surface area contributed by atoms with Crippen molar-refractivity contribution in [1.82, 2.24) is 0 Å². The third-order valence-corrected chi connectivity index (χ3v) is 8.67. The number of rotatable bonds is 9. The molecule has 2 atom stereocenters. The van der Waals surface area contributed by atoms with Crippen LogP contribution in [0.4, 0.5) is 0 Å². The number of esters is 1. The first kappa shape index (κ1) is 24.8. The number of nitrogens with zero attached hydrogens (tertiary/aromatic N) is 1. The summed E-state index contributed by atoms with van der Waals surface area (Å²) in [6.07, 6.45) is 4.56. The Morgan fingerprint density at radius 2 is 1.64 bits per heavy atom. The maximum Gasteiger partial charge on any atom is 0.314 e. The van der Waals surface area contributed by atoms with Crippen LogP contribution in [0, 0.1) is 5.92 Å². The van der Waals surface area contributed by atoms with Gasteiger partial charge >= 0.3 is 5.97 Å². The molecule has 0 aliphatic carbocycles. The van der Waals surface area contributed by atoms with Gasteiger partial charge in [-0.1, -0.05) is 72.8 Å². The zero-order valence-corrected chi connectivity index (χ0v) is 21.7. The number of hydrogen-bond acceptors (Lipinski definition) is 4. The Hall–Kier alpha value is -2.89. The number of piperidine rings is 3. The molecule has 3 aromatic rings. The summed E-state index contributed by atoms with van der Waals surface area (Å²) in [5.74, 6) is 0.0640. The molecule has 0 radical (unpaired) electrons. The zero-order valence-electron chi connectivity index (χ0n) is 20.8. The van der Waals surface area contributed by atoms with Gasteiger partial charge in [0.1, 0.15) is 13.1 Å². The van der Waals surface area contributed by atoms with Gasteiger partial charge in [-0.25, -0.2) is 0 Å². The van der Waals surface area contributed by atoms with Gasteiger partial charge < -0.3 is 9.22 Å². The van der Waals surface area contributed by atoms with Gasteiger partial charge in [0.15, 0.2) is 6.10 Å². The number of carbonyl (C=O) groups excluding carboxylic acids is 2. The van der Waals surface area contributed by atoms with Crippen LogP contribution in [-0.2, 0) is 16.0 Å². The molecule has 0 N–H and O–H groups in total. The van der Waals surface area contributed by atoms with Gasteiger partial charge in [-0.3, -0.25) is 9.59 Å². The summed E-state index contributed by atoms with van der Waals surface area (Å²) in [6.45, 7) is 3.19. The summed E-state index contributed by atoms with van der Waals surface area (Å²) < 4.78 is 7.04. The number of fused-ring (bicyclic) bond motifs is 3. The first-order valence-corrected chi connectivity index (χ1v) is 14.1. The van der Waals surface area contributed by atoms with E-state index in [9.17, 15) is 9.59 Å². The minimum Gasteiger partial charge on any atom is -0.456 e. The van der Waals surface area contributed by atoms with E-state index in [0.717, 1.165) is 53.6 Å². The van der Waals surface area contributed by atoms with Gasteiger partial charge in [0.2, 0.25) is 5.78 Å². The monoisotopic (exact) mass is 500 g/mol. The van der Waals surface area contributed by atoms with Gasteiger partial charge in [0, 0.05) is 29.2 Å². The fraction of sp³-hybridized carbons (Fsp3) is 0.355. The molecule has 0 spiro atoms. The Labute approximate surface area is 218 Å². The van der Waals surface area contributed by atoms with Crippen LogP contribution in [-0.4, -0.2) is 54.8 Å². The van der Waals surface area contributed by atoms with Crippen molar-refractivity contribution in [3.63, 3.8) is 0 Å². The number of hydrogen-bond donors (Lipinski definition) is 0. The van der Waals surface area contributed by atoms with Crippen LogP contribution in [0.3, 0.4) is 0 Å². The smallest absolute Gasteiger partial charge is 0.314 e. The van der Waals surface area contributed by atoms with E-state index in [-0.39, 0.29) is 23.8 Å². The molecule has 3 saturated heterocycles. The van der Waals surface area contributed by atoms with Crippen LogP contribution in [0.5, 0.6) is 0 Å².